The van der Waals surface area contributed by atoms with E-state index in [9.17, 15) is 40.7 Å². The first-order valence-corrected chi connectivity index (χ1v) is 17.0. The van der Waals surface area contributed by atoms with Crippen LogP contribution in [-0.2, 0) is 35.0 Å². The number of rotatable bonds is 12. The van der Waals surface area contributed by atoms with E-state index in [0.717, 1.165) is 43.5 Å². The second-order valence-electron chi connectivity index (χ2n) is 12.5. The van der Waals surface area contributed by atoms with Gasteiger partial charge in [0.25, 0.3) is 11.2 Å². The summed E-state index contributed by atoms with van der Waals surface area (Å²) in [4.78, 5) is 39.3. The van der Waals surface area contributed by atoms with Gasteiger partial charge in [-0.15, -0.1) is 0 Å². The molecule has 0 fully saturated rings. The molecule has 0 spiro atoms. The predicted octanol–water partition coefficient (Wildman–Crippen LogP) is 7.35. The van der Waals surface area contributed by atoms with Gasteiger partial charge in [-0.05, 0) is 24.3 Å². The fourth-order valence-corrected chi connectivity index (χ4v) is 6.48. The monoisotopic (exact) mass is 818 g/mol. The minimum absolute atomic E-state index is 0.0292. The highest BCUT2D eigenvalue weighted by Gasteiger charge is 2.65. The van der Waals surface area contributed by atoms with Gasteiger partial charge in [-0.25, -0.2) is 14.4 Å². The lowest BCUT2D eigenvalue weighted by Crippen LogP contribution is -2.52. The van der Waals surface area contributed by atoms with Crippen molar-refractivity contribution in [3.05, 3.63) is 124 Å². The predicted molar refractivity (Wildman–Crippen MR) is 189 cm³/mol. The normalized spacial score (nSPS) is 17.4. The standard InChI is InChI=1S/C40H32F6O12/c1-50-27-19-22(15-17-26(27)56-36(49)38(53-4,40(44,45)46)25-13-9-6-10-14-25)31-29(21-54-35(48)37(52-3,39(41,42)43)24-11-7-5-8-12-24)55-33-28(51-2)20-23-16-18-30(47)57-32(23)34(33)58-31/h5-20,29,31H,21H2,1-4H3/t29-,31-,37+,38+/m1/s1. The van der Waals surface area contributed by atoms with Crippen molar-refractivity contribution in [2.75, 3.05) is 35.0 Å². The van der Waals surface area contributed by atoms with E-state index in [1.165, 1.54) is 67.8 Å². The van der Waals surface area contributed by atoms with Crippen LogP contribution in [0.5, 0.6) is 28.7 Å². The van der Waals surface area contributed by atoms with Crippen LogP contribution in [0.3, 0.4) is 0 Å². The molecule has 5 aromatic rings. The molecule has 0 saturated carbocycles. The Balaban J connectivity index is 1.42. The van der Waals surface area contributed by atoms with E-state index in [2.05, 4.69) is 0 Å². The Morgan fingerprint density at radius 1 is 0.638 bits per heavy atom. The Hall–Kier alpha value is -6.27. The first kappa shape index (κ1) is 41.4. The number of hydrogen-bond acceptors (Lipinski definition) is 12. The van der Waals surface area contributed by atoms with Crippen LogP contribution in [0.1, 0.15) is 22.8 Å². The summed E-state index contributed by atoms with van der Waals surface area (Å²) in [6.07, 6.45) is -13.6. The molecule has 0 amide bonds. The van der Waals surface area contributed by atoms with Crippen LogP contribution in [0.4, 0.5) is 26.3 Å². The van der Waals surface area contributed by atoms with Crippen molar-refractivity contribution < 1.29 is 78.2 Å². The summed E-state index contributed by atoms with van der Waals surface area (Å²) in [6, 6.07) is 19.6. The number of benzene rings is 4. The van der Waals surface area contributed by atoms with Crippen molar-refractivity contribution in [3.8, 4) is 28.7 Å². The third-order valence-corrected chi connectivity index (χ3v) is 9.30. The minimum Gasteiger partial charge on any atom is -0.493 e. The molecule has 0 aliphatic carbocycles. The van der Waals surface area contributed by atoms with E-state index < -0.39 is 76.8 Å². The quantitative estimate of drug-likeness (QED) is 0.0539. The highest BCUT2D eigenvalue weighted by Crippen LogP contribution is 2.51. The molecule has 1 aliphatic rings. The number of halogens is 6. The molecule has 306 valence electrons. The number of ether oxygens (including phenoxy) is 8. The largest absolute Gasteiger partial charge is 0.493 e. The number of alkyl halides is 6. The Bertz CT molecular complexity index is 2350. The van der Waals surface area contributed by atoms with Crippen LogP contribution in [0.25, 0.3) is 11.0 Å². The third kappa shape index (κ3) is 7.13. The molecule has 0 radical (unpaired) electrons. The maximum absolute atomic E-state index is 14.7. The van der Waals surface area contributed by atoms with E-state index in [0.29, 0.717) is 19.6 Å². The fraction of sp³-hybridized carbons (Fsp3) is 0.275. The number of fused-ring (bicyclic) bond motifs is 3. The van der Waals surface area contributed by atoms with Crippen LogP contribution in [0.15, 0.2) is 106 Å². The molecular weight excluding hydrogens is 786 g/mol. The number of methoxy groups -OCH3 is 4. The fourth-order valence-electron chi connectivity index (χ4n) is 6.48. The molecule has 1 aliphatic heterocycles. The van der Waals surface area contributed by atoms with E-state index in [1.54, 1.807) is 0 Å². The number of hydrogen-bond donors (Lipinski definition) is 0. The maximum Gasteiger partial charge on any atom is 0.432 e. The average Bonchev–Trinajstić information content (AvgIpc) is 3.20. The summed E-state index contributed by atoms with van der Waals surface area (Å²) in [6.45, 7) is -0.936. The van der Waals surface area contributed by atoms with E-state index in [4.69, 9.17) is 42.3 Å². The van der Waals surface area contributed by atoms with Gasteiger partial charge in [-0.3, -0.25) is 0 Å². The van der Waals surface area contributed by atoms with Gasteiger partial charge >= 0.3 is 29.9 Å². The number of esters is 2. The molecule has 4 atom stereocenters. The average molecular weight is 819 g/mol. The van der Waals surface area contributed by atoms with Crippen LogP contribution in [0.2, 0.25) is 0 Å². The molecule has 1 aromatic heterocycles. The van der Waals surface area contributed by atoms with Crippen LogP contribution in [-0.4, -0.2) is 65.4 Å². The van der Waals surface area contributed by atoms with Crippen LogP contribution in [0, 0.1) is 0 Å². The number of carbonyl (C=O) groups is 2. The summed E-state index contributed by atoms with van der Waals surface area (Å²) in [5.74, 6) is -4.90. The second kappa shape index (κ2) is 15.9. The van der Waals surface area contributed by atoms with Crippen molar-refractivity contribution in [1.82, 2.24) is 0 Å². The van der Waals surface area contributed by atoms with E-state index in [1.807, 2.05) is 0 Å². The van der Waals surface area contributed by atoms with Crippen molar-refractivity contribution in [3.63, 3.8) is 0 Å². The SMILES string of the molecule is COc1cc([C@H]2Oc3c(c(OC)cc4ccc(=O)oc34)O[C@@H]2COC(=O)[C@@](OC)(c2ccccc2)C(F)(F)F)ccc1OC(=O)[C@@](OC)(c1ccccc1)C(F)(F)F. The highest BCUT2D eigenvalue weighted by molar-refractivity contribution is 5.89. The van der Waals surface area contributed by atoms with Crippen molar-refractivity contribution in [2.24, 2.45) is 0 Å². The van der Waals surface area contributed by atoms with E-state index in [-0.39, 0.29) is 34.1 Å². The Morgan fingerprint density at radius 2 is 1.21 bits per heavy atom. The first-order valence-electron chi connectivity index (χ1n) is 17.0. The highest BCUT2D eigenvalue weighted by atomic mass is 19.4. The molecule has 6 rings (SSSR count). The maximum atomic E-state index is 14.7. The summed E-state index contributed by atoms with van der Waals surface area (Å²) in [7, 11) is 3.78. The molecular formula is C40H32F6O12. The lowest BCUT2D eigenvalue weighted by atomic mass is 9.92. The van der Waals surface area contributed by atoms with Crippen LogP contribution >= 0.6 is 0 Å². The molecule has 12 nitrogen and oxygen atoms in total. The topological polar surface area (TPSA) is 138 Å². The van der Waals surface area contributed by atoms with Gasteiger partial charge in [0.15, 0.2) is 35.0 Å². The Labute approximate surface area is 324 Å². The summed E-state index contributed by atoms with van der Waals surface area (Å²) in [5.41, 5.74) is -9.14. The second-order valence-corrected chi connectivity index (χ2v) is 12.5. The summed E-state index contributed by atoms with van der Waals surface area (Å²) < 4.78 is 137. The molecule has 0 bridgehead atoms. The van der Waals surface area contributed by atoms with Crippen molar-refractivity contribution in [2.45, 2.75) is 35.8 Å². The summed E-state index contributed by atoms with van der Waals surface area (Å²) >= 11 is 0. The van der Waals surface area contributed by atoms with Crippen LogP contribution < -0.4 is 29.3 Å². The summed E-state index contributed by atoms with van der Waals surface area (Å²) in [5, 5.41) is 0.310. The third-order valence-electron chi connectivity index (χ3n) is 9.30. The lowest BCUT2D eigenvalue weighted by molar-refractivity contribution is -0.277. The molecule has 0 unspecified atom stereocenters. The van der Waals surface area contributed by atoms with E-state index >= 15 is 0 Å². The molecule has 58 heavy (non-hydrogen) atoms. The first-order chi connectivity index (χ1) is 27.6. The smallest absolute Gasteiger partial charge is 0.432 e. The van der Waals surface area contributed by atoms with Gasteiger partial charge in [0.2, 0.25) is 11.5 Å². The van der Waals surface area contributed by atoms with Gasteiger partial charge < -0.3 is 42.3 Å². The molecule has 2 heterocycles. The van der Waals surface area contributed by atoms with Crippen molar-refractivity contribution in [1.29, 1.82) is 0 Å². The van der Waals surface area contributed by atoms with Gasteiger partial charge in [-0.1, -0.05) is 66.7 Å². The van der Waals surface area contributed by atoms with Crippen molar-refractivity contribution >= 4 is 22.9 Å². The van der Waals surface area contributed by atoms with Gasteiger partial charge in [0, 0.05) is 42.4 Å². The zero-order chi connectivity index (χ0) is 42.0. The van der Waals surface area contributed by atoms with Gasteiger partial charge in [-0.2, -0.15) is 26.3 Å². The molecule has 18 heteroatoms. The minimum atomic E-state index is -5.32. The molecule has 0 N–H and O–H groups in total. The van der Waals surface area contributed by atoms with Gasteiger partial charge in [0.1, 0.15) is 6.61 Å². The van der Waals surface area contributed by atoms with Gasteiger partial charge in [0.05, 0.1) is 14.2 Å². The zero-order valence-electron chi connectivity index (χ0n) is 30.8. The lowest BCUT2D eigenvalue weighted by Gasteiger charge is -2.36. The Morgan fingerprint density at radius 3 is 1.74 bits per heavy atom. The zero-order valence-corrected chi connectivity index (χ0v) is 30.8. The Kier molecular flexibility index (Phi) is 11.4. The number of carbonyl (C=O) groups excluding carboxylic acids is 2. The molecule has 0 saturated heterocycles. The molecule has 4 aromatic carbocycles.